The molecular formula is C20H32IN7S. The first-order valence-electron chi connectivity index (χ1n) is 9.96. The molecule has 1 saturated heterocycles. The van der Waals surface area contributed by atoms with Crippen LogP contribution in [-0.2, 0) is 13.0 Å². The number of aromatic nitrogens is 2. The Kier molecular flexibility index (Phi) is 10.1. The van der Waals surface area contributed by atoms with Gasteiger partial charge >= 0.3 is 0 Å². The van der Waals surface area contributed by atoms with E-state index in [1.165, 1.54) is 4.88 Å². The quantitative estimate of drug-likeness (QED) is 0.327. The standard InChI is InChI=1S/C20H31N7S.HI/c1-4-26-9-11-27(12-10-26)18-6-5-17(14-23-18)15-25-20(21-3)22-8-7-19-24-13-16(2)28-19;/h5-6,13-14H,4,7-12,15H2,1-3H3,(H2,21,22,25);1H. The number of aliphatic imine (C=N–C) groups is 1. The van der Waals surface area contributed by atoms with Gasteiger partial charge in [-0.05, 0) is 25.1 Å². The number of pyridine rings is 1. The molecule has 1 fully saturated rings. The van der Waals surface area contributed by atoms with Crippen LogP contribution < -0.4 is 15.5 Å². The number of hydrogen-bond donors (Lipinski definition) is 2. The number of guanidine groups is 1. The molecule has 9 heteroatoms. The van der Waals surface area contributed by atoms with Gasteiger partial charge in [-0.1, -0.05) is 13.0 Å². The molecule has 0 bridgehead atoms. The van der Waals surface area contributed by atoms with Gasteiger partial charge in [-0.15, -0.1) is 35.3 Å². The Morgan fingerprint density at radius 1 is 1.14 bits per heavy atom. The van der Waals surface area contributed by atoms with Crippen LogP contribution in [0, 0.1) is 6.92 Å². The van der Waals surface area contributed by atoms with Crippen molar-refractivity contribution in [2.75, 3.05) is 51.2 Å². The van der Waals surface area contributed by atoms with Crippen LogP contribution in [0.5, 0.6) is 0 Å². The van der Waals surface area contributed by atoms with Crippen LogP contribution in [0.2, 0.25) is 0 Å². The highest BCUT2D eigenvalue weighted by molar-refractivity contribution is 14.0. The molecule has 0 radical (unpaired) electrons. The lowest BCUT2D eigenvalue weighted by molar-refractivity contribution is 0.270. The summed E-state index contributed by atoms with van der Waals surface area (Å²) in [5.74, 6) is 1.87. The molecule has 0 unspecified atom stereocenters. The minimum absolute atomic E-state index is 0. The fraction of sp³-hybridized carbons (Fsp3) is 0.550. The predicted octanol–water partition coefficient (Wildman–Crippen LogP) is 2.51. The second-order valence-electron chi connectivity index (χ2n) is 6.91. The fourth-order valence-electron chi connectivity index (χ4n) is 3.21. The number of nitrogens with one attached hydrogen (secondary N) is 2. The molecule has 2 aromatic heterocycles. The van der Waals surface area contributed by atoms with E-state index in [1.54, 1.807) is 18.4 Å². The molecule has 0 aliphatic carbocycles. The van der Waals surface area contributed by atoms with Gasteiger partial charge in [-0.25, -0.2) is 9.97 Å². The fourth-order valence-corrected chi connectivity index (χ4v) is 4.00. The summed E-state index contributed by atoms with van der Waals surface area (Å²) in [6.07, 6.45) is 4.79. The molecule has 2 N–H and O–H groups in total. The highest BCUT2D eigenvalue weighted by Crippen LogP contribution is 2.14. The lowest BCUT2D eigenvalue weighted by Crippen LogP contribution is -2.46. The van der Waals surface area contributed by atoms with Gasteiger partial charge in [0.1, 0.15) is 5.82 Å². The van der Waals surface area contributed by atoms with Gasteiger partial charge in [-0.3, -0.25) is 4.99 Å². The van der Waals surface area contributed by atoms with Crippen molar-refractivity contribution in [3.63, 3.8) is 0 Å². The smallest absolute Gasteiger partial charge is 0.191 e. The Bertz CT molecular complexity index is 754. The zero-order chi connectivity index (χ0) is 19.8. The van der Waals surface area contributed by atoms with Gasteiger partial charge in [0.05, 0.1) is 5.01 Å². The maximum Gasteiger partial charge on any atom is 0.191 e. The van der Waals surface area contributed by atoms with E-state index in [2.05, 4.69) is 61.4 Å². The summed E-state index contributed by atoms with van der Waals surface area (Å²) in [5.41, 5.74) is 1.15. The second kappa shape index (κ2) is 12.3. The Balaban J connectivity index is 0.00000300. The van der Waals surface area contributed by atoms with Gasteiger partial charge in [0.15, 0.2) is 5.96 Å². The number of anilines is 1. The first kappa shape index (κ1) is 23.8. The molecule has 0 atom stereocenters. The molecule has 0 saturated carbocycles. The molecule has 160 valence electrons. The van der Waals surface area contributed by atoms with Crippen molar-refractivity contribution in [3.8, 4) is 0 Å². The van der Waals surface area contributed by atoms with E-state index in [9.17, 15) is 0 Å². The molecule has 0 aromatic carbocycles. The number of thiazole rings is 1. The summed E-state index contributed by atoms with van der Waals surface area (Å²) in [7, 11) is 1.79. The largest absolute Gasteiger partial charge is 0.356 e. The van der Waals surface area contributed by atoms with Gasteiger partial charge in [-0.2, -0.15) is 0 Å². The highest BCUT2D eigenvalue weighted by atomic mass is 127. The zero-order valence-corrected chi connectivity index (χ0v) is 20.7. The number of likely N-dealkylation sites (N-methyl/N-ethyl adjacent to an activating group) is 1. The summed E-state index contributed by atoms with van der Waals surface area (Å²) in [4.78, 5) is 19.4. The normalized spacial score (nSPS) is 15.1. The molecule has 2 aromatic rings. The number of aryl methyl sites for hydroxylation is 1. The lowest BCUT2D eigenvalue weighted by Gasteiger charge is -2.34. The van der Waals surface area contributed by atoms with E-state index < -0.39 is 0 Å². The minimum Gasteiger partial charge on any atom is -0.356 e. The maximum absolute atomic E-state index is 4.66. The molecule has 1 aliphatic heterocycles. The average molecular weight is 529 g/mol. The SMILES string of the molecule is CCN1CCN(c2ccc(CNC(=NC)NCCc3ncc(C)s3)cn2)CC1.I. The molecule has 1 aliphatic rings. The highest BCUT2D eigenvalue weighted by Gasteiger charge is 2.16. The van der Waals surface area contributed by atoms with Crippen LogP contribution in [0.25, 0.3) is 0 Å². The Labute approximate surface area is 195 Å². The van der Waals surface area contributed by atoms with Crippen LogP contribution in [0.4, 0.5) is 5.82 Å². The summed E-state index contributed by atoms with van der Waals surface area (Å²) in [6, 6.07) is 4.27. The van der Waals surface area contributed by atoms with Crippen LogP contribution in [0.1, 0.15) is 22.4 Å². The van der Waals surface area contributed by atoms with Gasteiger partial charge < -0.3 is 20.4 Å². The monoisotopic (exact) mass is 529 g/mol. The predicted molar refractivity (Wildman–Crippen MR) is 133 cm³/mol. The van der Waals surface area contributed by atoms with E-state index in [1.807, 2.05) is 12.4 Å². The first-order valence-corrected chi connectivity index (χ1v) is 10.8. The Hall–Kier alpha value is -1.46. The van der Waals surface area contributed by atoms with Crippen molar-refractivity contribution in [2.24, 2.45) is 4.99 Å². The van der Waals surface area contributed by atoms with Crippen LogP contribution in [0.15, 0.2) is 29.5 Å². The summed E-state index contributed by atoms with van der Waals surface area (Å²) < 4.78 is 0. The average Bonchev–Trinajstić information content (AvgIpc) is 3.16. The van der Waals surface area contributed by atoms with Crippen LogP contribution in [-0.4, -0.2) is 67.1 Å². The van der Waals surface area contributed by atoms with Crippen molar-refractivity contribution < 1.29 is 0 Å². The third kappa shape index (κ3) is 7.38. The number of hydrogen-bond acceptors (Lipinski definition) is 6. The molecule has 0 amide bonds. The Morgan fingerprint density at radius 2 is 1.93 bits per heavy atom. The van der Waals surface area contributed by atoms with Crippen molar-refractivity contribution in [3.05, 3.63) is 40.0 Å². The van der Waals surface area contributed by atoms with E-state index in [0.29, 0.717) is 6.54 Å². The number of piperazine rings is 1. The third-order valence-electron chi connectivity index (χ3n) is 4.94. The van der Waals surface area contributed by atoms with Crippen molar-refractivity contribution >= 4 is 47.1 Å². The molecule has 3 rings (SSSR count). The van der Waals surface area contributed by atoms with Gasteiger partial charge in [0.2, 0.25) is 0 Å². The topological polar surface area (TPSA) is 68.7 Å². The number of nitrogens with zero attached hydrogens (tertiary/aromatic N) is 5. The van der Waals surface area contributed by atoms with E-state index in [4.69, 9.17) is 0 Å². The molecule has 3 heterocycles. The Morgan fingerprint density at radius 3 is 2.52 bits per heavy atom. The van der Waals surface area contributed by atoms with E-state index >= 15 is 0 Å². The van der Waals surface area contributed by atoms with Crippen molar-refractivity contribution in [1.29, 1.82) is 0 Å². The molecular weight excluding hydrogens is 497 g/mol. The molecule has 0 spiro atoms. The van der Waals surface area contributed by atoms with Crippen LogP contribution >= 0.6 is 35.3 Å². The van der Waals surface area contributed by atoms with E-state index in [-0.39, 0.29) is 24.0 Å². The maximum atomic E-state index is 4.66. The summed E-state index contributed by atoms with van der Waals surface area (Å²) >= 11 is 1.75. The van der Waals surface area contributed by atoms with Gasteiger partial charge in [0, 0.05) is 70.0 Å². The summed E-state index contributed by atoms with van der Waals surface area (Å²) in [5, 5.41) is 7.85. The third-order valence-corrected chi connectivity index (χ3v) is 5.91. The molecule has 29 heavy (non-hydrogen) atoms. The lowest BCUT2D eigenvalue weighted by atomic mass is 10.2. The van der Waals surface area contributed by atoms with Crippen LogP contribution in [0.3, 0.4) is 0 Å². The van der Waals surface area contributed by atoms with Gasteiger partial charge in [0.25, 0.3) is 0 Å². The van der Waals surface area contributed by atoms with Crippen molar-refractivity contribution in [1.82, 2.24) is 25.5 Å². The number of halogens is 1. The minimum atomic E-state index is 0. The number of rotatable bonds is 7. The first-order chi connectivity index (χ1) is 13.7. The van der Waals surface area contributed by atoms with E-state index in [0.717, 1.165) is 68.0 Å². The second-order valence-corrected chi connectivity index (χ2v) is 8.23. The summed E-state index contributed by atoms with van der Waals surface area (Å²) in [6.45, 7) is 11.3. The molecule has 7 nitrogen and oxygen atoms in total. The zero-order valence-electron chi connectivity index (χ0n) is 17.5. The van der Waals surface area contributed by atoms with Crippen molar-refractivity contribution in [2.45, 2.75) is 26.8 Å².